The Labute approximate surface area is 171 Å². The first-order chi connectivity index (χ1) is 13.7. The molecular weight excluding hydrogens is 388 g/mol. The van der Waals surface area contributed by atoms with Gasteiger partial charge in [-0.25, -0.2) is 4.98 Å². The van der Waals surface area contributed by atoms with Gasteiger partial charge in [0.25, 0.3) is 0 Å². The predicted molar refractivity (Wildman–Crippen MR) is 117 cm³/mol. The van der Waals surface area contributed by atoms with Crippen molar-refractivity contribution in [3.8, 4) is 5.75 Å². The second kappa shape index (κ2) is 8.46. The van der Waals surface area contributed by atoms with E-state index >= 15 is 0 Å². The van der Waals surface area contributed by atoms with Crippen LogP contribution in [0.1, 0.15) is 0 Å². The monoisotopic (exact) mass is 406 g/mol. The maximum absolute atomic E-state index is 13.2. The van der Waals surface area contributed by atoms with Gasteiger partial charge in [0.1, 0.15) is 5.75 Å². The molecule has 1 heterocycles. The normalized spacial score (nSPS) is 10.8. The standard InChI is InChI=1S/C22H18N2O2S2/c1-26-17-9-7-8-16(14-17)24(21(25)15-27-18-10-3-2-4-11-18)22-23-19-12-5-6-13-20(19)28-22/h2-14H,15H2,1H3. The van der Waals surface area contributed by atoms with Crippen molar-refractivity contribution in [3.63, 3.8) is 0 Å². The van der Waals surface area contributed by atoms with E-state index in [0.29, 0.717) is 16.6 Å². The Morgan fingerprint density at radius 3 is 2.61 bits per heavy atom. The molecule has 0 unspecified atom stereocenters. The van der Waals surface area contributed by atoms with Crippen molar-refractivity contribution in [1.82, 2.24) is 4.98 Å². The van der Waals surface area contributed by atoms with Gasteiger partial charge in [0.2, 0.25) is 5.91 Å². The number of rotatable bonds is 6. The quantitative estimate of drug-likeness (QED) is 0.382. The van der Waals surface area contributed by atoms with Crippen LogP contribution in [0.2, 0.25) is 0 Å². The number of carbonyl (C=O) groups is 1. The summed E-state index contributed by atoms with van der Waals surface area (Å²) in [6, 6.07) is 25.3. The molecule has 1 amide bonds. The predicted octanol–water partition coefficient (Wildman–Crippen LogP) is 5.76. The highest BCUT2D eigenvalue weighted by molar-refractivity contribution is 8.00. The summed E-state index contributed by atoms with van der Waals surface area (Å²) in [7, 11) is 1.62. The number of benzene rings is 3. The summed E-state index contributed by atoms with van der Waals surface area (Å²) in [6.07, 6.45) is 0. The molecule has 4 rings (SSSR count). The zero-order valence-corrected chi connectivity index (χ0v) is 16.9. The van der Waals surface area contributed by atoms with E-state index in [1.54, 1.807) is 12.0 Å². The topological polar surface area (TPSA) is 42.4 Å². The highest BCUT2D eigenvalue weighted by atomic mass is 32.2. The highest BCUT2D eigenvalue weighted by Gasteiger charge is 2.22. The Kier molecular flexibility index (Phi) is 5.60. The number of aromatic nitrogens is 1. The zero-order chi connectivity index (χ0) is 19.3. The lowest BCUT2D eigenvalue weighted by molar-refractivity contribution is -0.115. The fourth-order valence-corrected chi connectivity index (χ4v) is 4.57. The average molecular weight is 407 g/mol. The Morgan fingerprint density at radius 1 is 1.04 bits per heavy atom. The molecular formula is C22H18N2O2S2. The number of hydrogen-bond donors (Lipinski definition) is 0. The maximum atomic E-state index is 13.2. The van der Waals surface area contributed by atoms with Gasteiger partial charge in [0.05, 0.1) is 28.8 Å². The summed E-state index contributed by atoms with van der Waals surface area (Å²) in [5.74, 6) is 0.991. The van der Waals surface area contributed by atoms with Crippen molar-refractivity contribution in [1.29, 1.82) is 0 Å². The van der Waals surface area contributed by atoms with Crippen molar-refractivity contribution in [3.05, 3.63) is 78.9 Å². The van der Waals surface area contributed by atoms with Gasteiger partial charge in [-0.05, 0) is 36.4 Å². The number of anilines is 2. The van der Waals surface area contributed by atoms with Gasteiger partial charge in [-0.2, -0.15) is 0 Å². The Bertz CT molecular complexity index is 1060. The first-order valence-electron chi connectivity index (χ1n) is 8.75. The molecule has 4 aromatic rings. The van der Waals surface area contributed by atoms with Crippen LogP contribution in [0.4, 0.5) is 10.8 Å². The lowest BCUT2D eigenvalue weighted by Gasteiger charge is -2.20. The number of thioether (sulfide) groups is 1. The third-order valence-corrected chi connectivity index (χ3v) is 6.16. The summed E-state index contributed by atoms with van der Waals surface area (Å²) in [6.45, 7) is 0. The SMILES string of the molecule is COc1cccc(N(C(=O)CSc2ccccc2)c2nc3ccccc3s2)c1. The second-order valence-corrected chi connectivity index (χ2v) is 8.05. The molecule has 6 heteroatoms. The number of hydrogen-bond acceptors (Lipinski definition) is 5. The van der Waals surface area contributed by atoms with Gasteiger partial charge in [0.15, 0.2) is 5.13 Å². The number of para-hydroxylation sites is 1. The fourth-order valence-electron chi connectivity index (χ4n) is 2.79. The van der Waals surface area contributed by atoms with E-state index in [1.165, 1.54) is 23.1 Å². The van der Waals surface area contributed by atoms with E-state index in [2.05, 4.69) is 0 Å². The highest BCUT2D eigenvalue weighted by Crippen LogP contribution is 2.35. The smallest absolute Gasteiger partial charge is 0.243 e. The van der Waals surface area contributed by atoms with Crippen LogP contribution in [0, 0.1) is 0 Å². The number of carbonyl (C=O) groups excluding carboxylic acids is 1. The molecule has 0 saturated carbocycles. The lowest BCUT2D eigenvalue weighted by Crippen LogP contribution is -2.27. The van der Waals surface area contributed by atoms with E-state index in [-0.39, 0.29) is 5.91 Å². The van der Waals surface area contributed by atoms with Crippen molar-refractivity contribution < 1.29 is 9.53 Å². The number of thiazole rings is 1. The Balaban J connectivity index is 1.69. The molecule has 140 valence electrons. The van der Waals surface area contributed by atoms with E-state index in [4.69, 9.17) is 9.72 Å². The number of fused-ring (bicyclic) bond motifs is 1. The molecule has 0 radical (unpaired) electrons. The second-order valence-electron chi connectivity index (χ2n) is 6.00. The zero-order valence-electron chi connectivity index (χ0n) is 15.2. The van der Waals surface area contributed by atoms with Gasteiger partial charge in [-0.3, -0.25) is 9.69 Å². The molecule has 28 heavy (non-hydrogen) atoms. The third-order valence-electron chi connectivity index (χ3n) is 4.14. The largest absolute Gasteiger partial charge is 0.497 e. The van der Waals surface area contributed by atoms with Gasteiger partial charge in [-0.1, -0.05) is 47.7 Å². The van der Waals surface area contributed by atoms with E-state index < -0.39 is 0 Å². The van der Waals surface area contributed by atoms with Crippen LogP contribution < -0.4 is 9.64 Å². The van der Waals surface area contributed by atoms with E-state index in [1.807, 2.05) is 78.9 Å². The molecule has 3 aromatic carbocycles. The van der Waals surface area contributed by atoms with E-state index in [0.717, 1.165) is 20.8 Å². The lowest BCUT2D eigenvalue weighted by atomic mass is 10.2. The van der Waals surface area contributed by atoms with Gasteiger partial charge in [0, 0.05) is 11.0 Å². The number of nitrogens with zero attached hydrogens (tertiary/aromatic N) is 2. The van der Waals surface area contributed by atoms with Crippen LogP contribution in [-0.4, -0.2) is 23.8 Å². The van der Waals surface area contributed by atoms with Crippen molar-refractivity contribution in [2.45, 2.75) is 4.90 Å². The molecule has 0 saturated heterocycles. The van der Waals surface area contributed by atoms with Gasteiger partial charge >= 0.3 is 0 Å². The molecule has 0 aliphatic rings. The van der Waals surface area contributed by atoms with E-state index in [9.17, 15) is 4.79 Å². The molecule has 0 spiro atoms. The maximum Gasteiger partial charge on any atom is 0.243 e. The molecule has 0 fully saturated rings. The molecule has 0 aliphatic heterocycles. The van der Waals surface area contributed by atoms with Crippen molar-refractivity contribution >= 4 is 50.0 Å². The molecule has 0 bridgehead atoms. The number of amides is 1. The molecule has 0 aliphatic carbocycles. The van der Waals surface area contributed by atoms with Gasteiger partial charge < -0.3 is 4.74 Å². The molecule has 0 N–H and O–H groups in total. The van der Waals surface area contributed by atoms with Crippen molar-refractivity contribution in [2.24, 2.45) is 0 Å². The fraction of sp³-hybridized carbons (Fsp3) is 0.0909. The van der Waals surface area contributed by atoms with Crippen LogP contribution in [-0.2, 0) is 4.79 Å². The first-order valence-corrected chi connectivity index (χ1v) is 10.6. The first kappa shape index (κ1) is 18.5. The van der Waals surface area contributed by atoms with Crippen molar-refractivity contribution in [2.75, 3.05) is 17.8 Å². The minimum atomic E-state index is -0.0267. The van der Waals surface area contributed by atoms with Crippen LogP contribution >= 0.6 is 23.1 Å². The summed E-state index contributed by atoms with van der Waals surface area (Å²) in [4.78, 5) is 20.7. The summed E-state index contributed by atoms with van der Waals surface area (Å²) in [5, 5.41) is 0.660. The summed E-state index contributed by atoms with van der Waals surface area (Å²) >= 11 is 3.03. The molecule has 1 aromatic heterocycles. The van der Waals surface area contributed by atoms with Crippen LogP contribution in [0.15, 0.2) is 83.8 Å². The molecule has 0 atom stereocenters. The van der Waals surface area contributed by atoms with Crippen LogP contribution in [0.3, 0.4) is 0 Å². The number of ether oxygens (including phenoxy) is 1. The third kappa shape index (κ3) is 4.03. The minimum absolute atomic E-state index is 0.0267. The summed E-state index contributed by atoms with van der Waals surface area (Å²) in [5.41, 5.74) is 1.64. The Hall–Kier alpha value is -2.83. The van der Waals surface area contributed by atoms with Crippen LogP contribution in [0.5, 0.6) is 5.75 Å². The average Bonchev–Trinajstić information content (AvgIpc) is 3.17. The van der Waals surface area contributed by atoms with Crippen LogP contribution in [0.25, 0.3) is 10.2 Å². The number of methoxy groups -OCH3 is 1. The molecule has 4 nitrogen and oxygen atoms in total. The van der Waals surface area contributed by atoms with Gasteiger partial charge in [-0.15, -0.1) is 11.8 Å². The minimum Gasteiger partial charge on any atom is -0.497 e. The summed E-state index contributed by atoms with van der Waals surface area (Å²) < 4.78 is 6.40. The Morgan fingerprint density at radius 2 is 1.82 bits per heavy atom.